The van der Waals surface area contributed by atoms with E-state index in [1.807, 2.05) is 18.2 Å². The Bertz CT molecular complexity index is 1200. The minimum absolute atomic E-state index is 0.264. The molecule has 0 unspecified atom stereocenters. The lowest BCUT2D eigenvalue weighted by Gasteiger charge is -2.20. The predicted molar refractivity (Wildman–Crippen MR) is 117 cm³/mol. The van der Waals surface area contributed by atoms with Gasteiger partial charge in [-0.25, -0.2) is 8.42 Å². The van der Waals surface area contributed by atoms with Gasteiger partial charge in [0.25, 0.3) is 9.84 Å². The van der Waals surface area contributed by atoms with Crippen molar-refractivity contribution in [1.82, 2.24) is 0 Å². The van der Waals surface area contributed by atoms with E-state index < -0.39 is 10.1 Å². The van der Waals surface area contributed by atoms with Crippen LogP contribution in [0.3, 0.4) is 0 Å². The molecule has 0 spiro atoms. The van der Waals surface area contributed by atoms with Crippen LogP contribution in [-0.2, 0) is 17.2 Å². The zero-order valence-corrected chi connectivity index (χ0v) is 19.2. The summed E-state index contributed by atoms with van der Waals surface area (Å²) < 4.78 is 36.4. The van der Waals surface area contributed by atoms with Gasteiger partial charge in [-0.2, -0.15) is 4.57 Å². The van der Waals surface area contributed by atoms with E-state index in [9.17, 15) is 13.0 Å². The summed E-state index contributed by atoms with van der Waals surface area (Å²) in [6.45, 7) is 2.55. The Hall–Kier alpha value is -1.10. The van der Waals surface area contributed by atoms with Crippen LogP contribution in [-0.4, -0.2) is 25.3 Å². The van der Waals surface area contributed by atoms with Crippen molar-refractivity contribution in [3.63, 3.8) is 0 Å². The van der Waals surface area contributed by atoms with E-state index in [4.69, 9.17) is 11.6 Å². The van der Waals surface area contributed by atoms with Gasteiger partial charge in [0.15, 0.2) is 0 Å². The van der Waals surface area contributed by atoms with Gasteiger partial charge >= 0.3 is 0 Å². The van der Waals surface area contributed by atoms with E-state index in [0.717, 1.165) is 20.6 Å². The van der Waals surface area contributed by atoms with Gasteiger partial charge in [0.2, 0.25) is 0 Å². The number of aryl methyl sites for hydroxylation is 2. The number of hydrogen-bond acceptors (Lipinski definition) is 7. The summed E-state index contributed by atoms with van der Waals surface area (Å²) in [6, 6.07) is 7.89. The van der Waals surface area contributed by atoms with Crippen LogP contribution < -0.4 is 9.47 Å². The van der Waals surface area contributed by atoms with Crippen molar-refractivity contribution in [2.24, 2.45) is 7.05 Å². The van der Waals surface area contributed by atoms with Crippen LogP contribution in [0.25, 0.3) is 15.6 Å². The van der Waals surface area contributed by atoms with Crippen molar-refractivity contribution in [3.8, 4) is 0 Å². The molecule has 10 heteroatoms. The fourth-order valence-corrected chi connectivity index (χ4v) is 7.28. The molecule has 0 fully saturated rings. The summed E-state index contributed by atoms with van der Waals surface area (Å²) in [5, 5.41) is 2.74. The summed E-state index contributed by atoms with van der Waals surface area (Å²) in [5.41, 5.74) is 0.948. The van der Waals surface area contributed by atoms with Gasteiger partial charge in [0.05, 0.1) is 26.9 Å². The molecule has 0 N–H and O–H groups in total. The SMILES string of the molecule is Cc1cc2sc(C=C3Sc4ccc(Cl)cc4N3CCCS(=O)(=O)[O-])[n+](C)c2s1. The topological polar surface area (TPSA) is 64.3 Å². The third-order valence-corrected chi connectivity index (χ3v) is 8.89. The maximum absolute atomic E-state index is 11.0. The second kappa shape index (κ2) is 7.62. The predicted octanol–water partition coefficient (Wildman–Crippen LogP) is 4.60. The van der Waals surface area contributed by atoms with E-state index in [0.29, 0.717) is 11.6 Å². The van der Waals surface area contributed by atoms with Crippen LogP contribution in [0.4, 0.5) is 5.69 Å². The summed E-state index contributed by atoms with van der Waals surface area (Å²) in [7, 11) is -2.17. The van der Waals surface area contributed by atoms with Crippen LogP contribution >= 0.6 is 46.0 Å². The zero-order chi connectivity index (χ0) is 20.1. The normalized spacial score (nSPS) is 15.7. The summed E-state index contributed by atoms with van der Waals surface area (Å²) >= 11 is 11.3. The van der Waals surface area contributed by atoms with Gasteiger partial charge in [0.1, 0.15) is 11.7 Å². The van der Waals surface area contributed by atoms with E-state index in [-0.39, 0.29) is 12.2 Å². The average molecular weight is 473 g/mol. The zero-order valence-electron chi connectivity index (χ0n) is 15.1. The Morgan fingerprint density at radius 1 is 1.29 bits per heavy atom. The molecule has 0 radical (unpaired) electrons. The van der Waals surface area contributed by atoms with Crippen LogP contribution in [0.5, 0.6) is 0 Å². The van der Waals surface area contributed by atoms with Crippen molar-refractivity contribution in [2.45, 2.75) is 18.2 Å². The largest absolute Gasteiger partial charge is 0.748 e. The molecule has 0 atom stereocenters. The minimum atomic E-state index is -4.23. The third kappa shape index (κ3) is 4.10. The molecular weight excluding hydrogens is 456 g/mol. The average Bonchev–Trinajstić information content (AvgIpc) is 3.21. The lowest BCUT2D eigenvalue weighted by Crippen LogP contribution is -2.29. The Kier molecular flexibility index (Phi) is 5.49. The number of hydrogen-bond donors (Lipinski definition) is 0. The molecule has 0 amide bonds. The van der Waals surface area contributed by atoms with Gasteiger partial charge in [-0.05, 0) is 37.6 Å². The van der Waals surface area contributed by atoms with Gasteiger partial charge < -0.3 is 9.45 Å². The molecule has 1 aliphatic heterocycles. The van der Waals surface area contributed by atoms with Crippen LogP contribution in [0.2, 0.25) is 5.02 Å². The molecule has 4 rings (SSSR count). The molecule has 0 saturated carbocycles. The molecule has 2 aromatic heterocycles. The first-order valence-electron chi connectivity index (χ1n) is 8.50. The Labute approximate surface area is 181 Å². The minimum Gasteiger partial charge on any atom is -0.748 e. The summed E-state index contributed by atoms with van der Waals surface area (Å²) in [6.07, 6.45) is 2.39. The van der Waals surface area contributed by atoms with Crippen LogP contribution in [0.15, 0.2) is 34.2 Å². The number of rotatable bonds is 5. The number of anilines is 1. The standard InChI is InChI=1S/C18H17ClN2O3S4/c1-11-8-15-18(25-11)20(2)16(27-15)10-17-21(6-3-7-28(22,23)24)13-9-12(19)4-5-14(13)26-17/h4-5,8-10H,3,6-7H2,1-2H3. The number of halogens is 1. The highest BCUT2D eigenvalue weighted by Gasteiger charge is 2.27. The first-order chi connectivity index (χ1) is 13.2. The molecule has 0 aliphatic carbocycles. The maximum Gasteiger partial charge on any atom is 0.280 e. The smallest absolute Gasteiger partial charge is 0.280 e. The molecule has 0 saturated heterocycles. The highest BCUT2D eigenvalue weighted by molar-refractivity contribution is 8.03. The monoisotopic (exact) mass is 472 g/mol. The highest BCUT2D eigenvalue weighted by atomic mass is 35.5. The second-order valence-electron chi connectivity index (χ2n) is 6.49. The molecule has 5 nitrogen and oxygen atoms in total. The van der Waals surface area contributed by atoms with E-state index in [1.165, 1.54) is 14.4 Å². The summed E-state index contributed by atoms with van der Waals surface area (Å²) in [5.74, 6) is -0.376. The number of benzene rings is 1. The van der Waals surface area contributed by atoms with Crippen molar-refractivity contribution in [2.75, 3.05) is 17.2 Å². The van der Waals surface area contributed by atoms with Crippen LogP contribution in [0.1, 0.15) is 16.3 Å². The Morgan fingerprint density at radius 2 is 2.07 bits per heavy atom. The van der Waals surface area contributed by atoms with E-state index in [2.05, 4.69) is 35.6 Å². The fourth-order valence-electron chi connectivity index (χ4n) is 3.11. The molecule has 148 valence electrons. The van der Waals surface area contributed by atoms with Crippen molar-refractivity contribution in [3.05, 3.63) is 44.2 Å². The quantitative estimate of drug-likeness (QED) is 0.401. The number of thiazole rings is 1. The van der Waals surface area contributed by atoms with Crippen LogP contribution in [0, 0.1) is 6.92 Å². The van der Waals surface area contributed by atoms with Crippen molar-refractivity contribution >= 4 is 77.4 Å². The first kappa shape index (κ1) is 20.2. The number of thioether (sulfide) groups is 1. The number of thiophene rings is 1. The summed E-state index contributed by atoms with van der Waals surface area (Å²) in [4.78, 5) is 5.64. The molecule has 3 heterocycles. The number of fused-ring (bicyclic) bond motifs is 2. The Balaban J connectivity index is 1.69. The van der Waals surface area contributed by atoms with Crippen molar-refractivity contribution < 1.29 is 17.5 Å². The molecular formula is C18H17ClN2O3S4. The first-order valence-corrected chi connectivity index (χ1v) is 12.9. The fraction of sp³-hybridized carbons (Fsp3) is 0.278. The lowest BCUT2D eigenvalue weighted by atomic mass is 10.3. The molecule has 1 aromatic carbocycles. The van der Waals surface area contributed by atoms with Gasteiger partial charge in [0, 0.05) is 27.1 Å². The Morgan fingerprint density at radius 3 is 2.79 bits per heavy atom. The van der Waals surface area contributed by atoms with Crippen molar-refractivity contribution in [1.29, 1.82) is 0 Å². The highest BCUT2D eigenvalue weighted by Crippen LogP contribution is 2.48. The third-order valence-electron chi connectivity index (χ3n) is 4.37. The maximum atomic E-state index is 11.0. The van der Waals surface area contributed by atoms with Gasteiger partial charge in [-0.3, -0.25) is 0 Å². The molecule has 3 aromatic rings. The molecule has 1 aliphatic rings. The molecule has 0 bridgehead atoms. The van der Waals surface area contributed by atoms with E-state index >= 15 is 0 Å². The number of nitrogens with zero attached hydrogens (tertiary/aromatic N) is 2. The second-order valence-corrected chi connectivity index (χ2v) is 11.8. The van der Waals surface area contributed by atoms with Gasteiger partial charge in [-0.15, -0.1) is 0 Å². The molecule has 28 heavy (non-hydrogen) atoms. The lowest BCUT2D eigenvalue weighted by molar-refractivity contribution is -0.640. The number of aromatic nitrogens is 1. The van der Waals surface area contributed by atoms with Gasteiger partial charge in [-0.1, -0.05) is 46.0 Å². The van der Waals surface area contributed by atoms with E-state index in [1.54, 1.807) is 34.4 Å².